The maximum absolute atomic E-state index is 13.2. The molecule has 0 aliphatic carbocycles. The van der Waals surface area contributed by atoms with E-state index in [4.69, 9.17) is 4.52 Å². The van der Waals surface area contributed by atoms with Gasteiger partial charge in [-0.3, -0.25) is 10.1 Å². The van der Waals surface area contributed by atoms with E-state index in [0.29, 0.717) is 22.6 Å². The van der Waals surface area contributed by atoms with Crippen LogP contribution in [-0.4, -0.2) is 10.1 Å². The number of halogens is 1. The smallest absolute Gasteiger partial charge is 0.269 e. The fourth-order valence-corrected chi connectivity index (χ4v) is 1.94. The summed E-state index contributed by atoms with van der Waals surface area (Å²) in [5, 5.41) is 14.5. The molecule has 0 saturated heterocycles. The summed E-state index contributed by atoms with van der Waals surface area (Å²) < 4.78 is 18.4. The molecule has 3 aromatic rings. The van der Waals surface area contributed by atoms with Gasteiger partial charge in [0.25, 0.3) is 5.69 Å². The lowest BCUT2D eigenvalue weighted by atomic mass is 10.1. The Bertz CT molecular complexity index is 797. The molecule has 21 heavy (non-hydrogen) atoms. The molecule has 0 bridgehead atoms. The first-order valence-corrected chi connectivity index (χ1v) is 6.11. The van der Waals surface area contributed by atoms with Crippen LogP contribution in [0.25, 0.3) is 22.6 Å². The van der Waals surface area contributed by atoms with Gasteiger partial charge >= 0.3 is 0 Å². The molecule has 0 unspecified atom stereocenters. The summed E-state index contributed by atoms with van der Waals surface area (Å²) in [7, 11) is 0. The third-order valence-corrected chi connectivity index (χ3v) is 2.99. The summed E-state index contributed by atoms with van der Waals surface area (Å²) in [6.45, 7) is 0. The summed E-state index contributed by atoms with van der Waals surface area (Å²) in [4.78, 5) is 10.1. The zero-order valence-corrected chi connectivity index (χ0v) is 10.7. The lowest BCUT2D eigenvalue weighted by Gasteiger charge is -1.95. The molecule has 5 nitrogen and oxygen atoms in total. The van der Waals surface area contributed by atoms with E-state index in [1.807, 2.05) is 0 Å². The lowest BCUT2D eigenvalue weighted by Crippen LogP contribution is -1.87. The maximum Gasteiger partial charge on any atom is 0.269 e. The Morgan fingerprint density at radius 1 is 1.05 bits per heavy atom. The highest BCUT2D eigenvalue weighted by Crippen LogP contribution is 2.27. The molecule has 104 valence electrons. The van der Waals surface area contributed by atoms with Crippen LogP contribution in [0.4, 0.5) is 10.1 Å². The van der Waals surface area contributed by atoms with Gasteiger partial charge in [0, 0.05) is 29.3 Å². The second-order valence-corrected chi connectivity index (χ2v) is 4.39. The number of hydrogen-bond acceptors (Lipinski definition) is 4. The number of benzene rings is 2. The molecule has 0 fully saturated rings. The van der Waals surface area contributed by atoms with Gasteiger partial charge in [0.05, 0.1) is 4.92 Å². The second kappa shape index (κ2) is 5.16. The predicted octanol–water partition coefficient (Wildman–Crippen LogP) is 4.06. The monoisotopic (exact) mass is 284 g/mol. The Kier molecular flexibility index (Phi) is 3.19. The van der Waals surface area contributed by atoms with Crippen molar-refractivity contribution in [3.63, 3.8) is 0 Å². The standard InChI is InChI=1S/C15H9FN2O3/c16-12-3-1-2-11(8-12)15-9-14(17-21-15)10-4-6-13(7-5-10)18(19)20/h1-9H. The molecule has 3 rings (SSSR count). The number of non-ortho nitro benzene ring substituents is 1. The first-order valence-electron chi connectivity index (χ1n) is 6.11. The largest absolute Gasteiger partial charge is 0.356 e. The highest BCUT2D eigenvalue weighted by atomic mass is 19.1. The van der Waals surface area contributed by atoms with E-state index < -0.39 is 4.92 Å². The van der Waals surface area contributed by atoms with Gasteiger partial charge in [0.2, 0.25) is 0 Å². The first kappa shape index (κ1) is 13.0. The number of nitrogens with zero attached hydrogens (tertiary/aromatic N) is 2. The van der Waals surface area contributed by atoms with Gasteiger partial charge in [-0.1, -0.05) is 17.3 Å². The molecule has 0 N–H and O–H groups in total. The molecule has 6 heteroatoms. The van der Waals surface area contributed by atoms with Crippen molar-refractivity contribution in [1.29, 1.82) is 0 Å². The summed E-state index contributed by atoms with van der Waals surface area (Å²) >= 11 is 0. The van der Waals surface area contributed by atoms with Crippen molar-refractivity contribution >= 4 is 5.69 Å². The molecule has 0 aliphatic heterocycles. The minimum absolute atomic E-state index is 0.00704. The van der Waals surface area contributed by atoms with E-state index in [0.717, 1.165) is 0 Å². The van der Waals surface area contributed by atoms with Crippen molar-refractivity contribution in [3.8, 4) is 22.6 Å². The average molecular weight is 284 g/mol. The van der Waals surface area contributed by atoms with E-state index in [1.165, 1.54) is 24.3 Å². The fraction of sp³-hybridized carbons (Fsp3) is 0. The zero-order valence-electron chi connectivity index (χ0n) is 10.7. The van der Waals surface area contributed by atoms with Gasteiger partial charge in [-0.15, -0.1) is 0 Å². The Morgan fingerprint density at radius 3 is 2.48 bits per heavy atom. The van der Waals surface area contributed by atoms with Crippen LogP contribution >= 0.6 is 0 Å². The molecule has 0 aliphatic rings. The predicted molar refractivity (Wildman–Crippen MR) is 74.0 cm³/mol. The van der Waals surface area contributed by atoms with Gasteiger partial charge in [-0.05, 0) is 24.3 Å². The Labute approximate surface area is 118 Å². The van der Waals surface area contributed by atoms with Gasteiger partial charge in [0.15, 0.2) is 5.76 Å². The summed E-state index contributed by atoms with van der Waals surface area (Å²) in [5.41, 5.74) is 1.81. The molecule has 0 spiro atoms. The quantitative estimate of drug-likeness (QED) is 0.537. The topological polar surface area (TPSA) is 69.2 Å². The van der Waals surface area contributed by atoms with Crippen LogP contribution in [0.5, 0.6) is 0 Å². The van der Waals surface area contributed by atoms with E-state index in [1.54, 1.807) is 30.3 Å². The number of hydrogen-bond donors (Lipinski definition) is 0. The molecule has 0 radical (unpaired) electrons. The summed E-state index contributed by atoms with van der Waals surface area (Å²) in [6, 6.07) is 13.6. The fourth-order valence-electron chi connectivity index (χ4n) is 1.94. The molecule has 0 saturated carbocycles. The molecule has 2 aromatic carbocycles. The van der Waals surface area contributed by atoms with Gasteiger partial charge in [-0.2, -0.15) is 0 Å². The number of nitro benzene ring substituents is 1. The van der Waals surface area contributed by atoms with Crippen molar-refractivity contribution in [2.24, 2.45) is 0 Å². The number of nitro groups is 1. The van der Waals surface area contributed by atoms with E-state index in [2.05, 4.69) is 5.16 Å². The lowest BCUT2D eigenvalue weighted by molar-refractivity contribution is -0.384. The number of rotatable bonds is 3. The van der Waals surface area contributed by atoms with Crippen LogP contribution in [-0.2, 0) is 0 Å². The summed E-state index contributed by atoms with van der Waals surface area (Å²) in [6.07, 6.45) is 0. The highest BCUT2D eigenvalue weighted by Gasteiger charge is 2.11. The molecule has 1 heterocycles. The van der Waals surface area contributed by atoms with Crippen molar-refractivity contribution < 1.29 is 13.8 Å². The third kappa shape index (κ3) is 2.64. The highest BCUT2D eigenvalue weighted by molar-refractivity contribution is 5.67. The molecular weight excluding hydrogens is 275 g/mol. The second-order valence-electron chi connectivity index (χ2n) is 4.39. The van der Waals surface area contributed by atoms with E-state index >= 15 is 0 Å². The molecule has 0 amide bonds. The van der Waals surface area contributed by atoms with Crippen LogP contribution in [0.2, 0.25) is 0 Å². The molecule has 1 aromatic heterocycles. The summed E-state index contributed by atoms with van der Waals surface area (Å²) in [5.74, 6) is 0.0728. The van der Waals surface area contributed by atoms with Crippen molar-refractivity contribution in [2.45, 2.75) is 0 Å². The normalized spacial score (nSPS) is 10.5. The first-order chi connectivity index (χ1) is 10.1. The molecule has 0 atom stereocenters. The van der Waals surface area contributed by atoms with Crippen molar-refractivity contribution in [3.05, 3.63) is 70.5 Å². The third-order valence-electron chi connectivity index (χ3n) is 2.99. The minimum Gasteiger partial charge on any atom is -0.356 e. The van der Waals surface area contributed by atoms with Crippen LogP contribution in [0.15, 0.2) is 59.1 Å². The Balaban J connectivity index is 1.93. The Morgan fingerprint density at radius 2 is 1.81 bits per heavy atom. The SMILES string of the molecule is O=[N+]([O-])c1ccc(-c2cc(-c3cccc(F)c3)on2)cc1. The van der Waals surface area contributed by atoms with Crippen LogP contribution in [0.1, 0.15) is 0 Å². The van der Waals surface area contributed by atoms with Crippen LogP contribution < -0.4 is 0 Å². The van der Waals surface area contributed by atoms with Crippen LogP contribution in [0, 0.1) is 15.9 Å². The Hall–Kier alpha value is -3.02. The van der Waals surface area contributed by atoms with Gasteiger partial charge in [-0.25, -0.2) is 4.39 Å². The minimum atomic E-state index is -0.468. The van der Waals surface area contributed by atoms with Gasteiger partial charge in [0.1, 0.15) is 11.5 Å². The zero-order chi connectivity index (χ0) is 14.8. The average Bonchev–Trinajstić information content (AvgIpc) is 2.97. The van der Waals surface area contributed by atoms with Crippen molar-refractivity contribution in [1.82, 2.24) is 5.16 Å². The van der Waals surface area contributed by atoms with Gasteiger partial charge < -0.3 is 4.52 Å². The van der Waals surface area contributed by atoms with E-state index in [9.17, 15) is 14.5 Å². The van der Waals surface area contributed by atoms with Crippen LogP contribution in [0.3, 0.4) is 0 Å². The molecular formula is C15H9FN2O3. The number of aromatic nitrogens is 1. The van der Waals surface area contributed by atoms with Crippen molar-refractivity contribution in [2.75, 3.05) is 0 Å². The maximum atomic E-state index is 13.2. The van der Waals surface area contributed by atoms with E-state index in [-0.39, 0.29) is 11.5 Å².